The summed E-state index contributed by atoms with van der Waals surface area (Å²) >= 11 is 0. The number of benzene rings is 1. The Morgan fingerprint density at radius 3 is 2.25 bits per heavy atom. The van der Waals surface area contributed by atoms with Crippen molar-refractivity contribution in [2.24, 2.45) is 0 Å². The van der Waals surface area contributed by atoms with Gasteiger partial charge in [-0.05, 0) is 11.6 Å². The molecule has 2 N–H and O–H groups in total. The Hall–Kier alpha value is -1.84. The van der Waals surface area contributed by atoms with E-state index < -0.39 is 30.0 Å². The van der Waals surface area contributed by atoms with Gasteiger partial charge in [0.15, 0.2) is 0 Å². The van der Waals surface area contributed by atoms with Crippen LogP contribution in [0.4, 0.5) is 0 Å². The lowest BCUT2D eigenvalue weighted by Gasteiger charge is -2.15. The summed E-state index contributed by atoms with van der Waals surface area (Å²) in [5.41, 5.74) is 8.44. The van der Waals surface area contributed by atoms with Crippen molar-refractivity contribution in [3.8, 4) is 0 Å². The summed E-state index contributed by atoms with van der Waals surface area (Å²) < 4.78 is 63.5. The van der Waals surface area contributed by atoms with Crippen molar-refractivity contribution in [1.82, 2.24) is 0 Å². The first kappa shape index (κ1) is 14.6. The lowest BCUT2D eigenvalue weighted by atomic mass is 9.96. The molecule has 0 bridgehead atoms. The normalized spacial score (nSPS) is 15.3. The van der Waals surface area contributed by atoms with Gasteiger partial charge in [0.25, 0.3) is 25.9 Å². The third-order valence-corrected chi connectivity index (χ3v) is 4.57. The van der Waals surface area contributed by atoms with Gasteiger partial charge < -0.3 is 5.53 Å². The fraction of sp³-hybridized carbons (Fsp3) is 0.100. The van der Waals surface area contributed by atoms with Crippen LogP contribution in [-0.2, 0) is 26.7 Å². The summed E-state index contributed by atoms with van der Waals surface area (Å²) in [6.07, 6.45) is 0.715. The molecule has 106 valence electrons. The summed E-state index contributed by atoms with van der Waals surface area (Å²) in [7, 11) is -9.24. The molecular weight excluding hydrogens is 308 g/mol. The summed E-state index contributed by atoms with van der Waals surface area (Å²) in [5.74, 6) is 0. The molecule has 8 nitrogen and oxygen atoms in total. The molecule has 2 rings (SSSR count). The minimum Gasteiger partial charge on any atom is -0.361 e. The van der Waals surface area contributed by atoms with Crippen molar-refractivity contribution in [2.75, 3.05) is 0 Å². The largest absolute Gasteiger partial charge is 0.361 e. The van der Waals surface area contributed by atoms with Gasteiger partial charge in [0.05, 0.1) is 11.3 Å². The van der Waals surface area contributed by atoms with Crippen LogP contribution in [0.15, 0.2) is 29.2 Å². The number of rotatable bonds is 2. The van der Waals surface area contributed by atoms with Crippen LogP contribution in [0.3, 0.4) is 0 Å². The monoisotopic (exact) mass is 316 g/mol. The molecule has 0 saturated carbocycles. The van der Waals surface area contributed by atoms with E-state index in [0.717, 1.165) is 12.1 Å². The highest BCUT2D eigenvalue weighted by Gasteiger charge is 2.32. The van der Waals surface area contributed by atoms with Gasteiger partial charge in [0.2, 0.25) is 0 Å². The van der Waals surface area contributed by atoms with Crippen LogP contribution >= 0.6 is 0 Å². The SMILES string of the molecule is [N-]=[N+]=C1C=C(S(=O)(=O)O)c2cccc(S(=O)(=O)O)c2C1. The number of hydrogen-bond acceptors (Lipinski definition) is 4. The molecule has 0 aliphatic heterocycles. The molecule has 1 aliphatic rings. The molecule has 0 spiro atoms. The van der Waals surface area contributed by atoms with Gasteiger partial charge in [-0.25, -0.2) is 0 Å². The summed E-state index contributed by atoms with van der Waals surface area (Å²) in [5, 5.41) is 0. The molecule has 0 heterocycles. The summed E-state index contributed by atoms with van der Waals surface area (Å²) in [4.78, 5) is 1.71. The fourth-order valence-corrected chi connectivity index (χ4v) is 3.46. The Morgan fingerprint density at radius 2 is 1.75 bits per heavy atom. The number of fused-ring (bicyclic) bond motifs is 1. The molecule has 0 atom stereocenters. The molecule has 1 aromatic rings. The van der Waals surface area contributed by atoms with Crippen LogP contribution in [-0.4, -0.2) is 36.4 Å². The Labute approximate surface area is 114 Å². The summed E-state index contributed by atoms with van der Waals surface area (Å²) in [6.45, 7) is 0. The van der Waals surface area contributed by atoms with Crippen molar-refractivity contribution in [3.63, 3.8) is 0 Å². The van der Waals surface area contributed by atoms with E-state index in [4.69, 9.17) is 14.6 Å². The fourth-order valence-electron chi connectivity index (χ4n) is 1.96. The van der Waals surface area contributed by atoms with Gasteiger partial charge in [-0.2, -0.15) is 21.6 Å². The molecular formula is C10H8N2O6S2. The minimum absolute atomic E-state index is 0.0714. The average Bonchev–Trinajstić information content (AvgIpc) is 2.34. The van der Waals surface area contributed by atoms with E-state index in [2.05, 4.69) is 4.79 Å². The van der Waals surface area contributed by atoms with Crippen LogP contribution in [0.5, 0.6) is 0 Å². The molecule has 0 saturated heterocycles. The molecule has 1 aromatic carbocycles. The van der Waals surface area contributed by atoms with Crippen molar-refractivity contribution in [3.05, 3.63) is 40.9 Å². The second kappa shape index (κ2) is 4.62. The molecule has 1 aliphatic carbocycles. The van der Waals surface area contributed by atoms with Crippen LogP contribution in [0.25, 0.3) is 10.4 Å². The van der Waals surface area contributed by atoms with Crippen LogP contribution in [0.1, 0.15) is 11.1 Å². The molecule has 0 radical (unpaired) electrons. The second-order valence-corrected chi connectivity index (χ2v) is 6.79. The predicted molar refractivity (Wildman–Crippen MR) is 68.1 cm³/mol. The van der Waals surface area contributed by atoms with Gasteiger partial charge >= 0.3 is 0 Å². The first-order valence-electron chi connectivity index (χ1n) is 5.14. The third kappa shape index (κ3) is 2.55. The Bertz CT molecular complexity index is 876. The quantitative estimate of drug-likeness (QED) is 0.458. The van der Waals surface area contributed by atoms with E-state index in [1.807, 2.05) is 0 Å². The Morgan fingerprint density at radius 1 is 1.10 bits per heavy atom. The van der Waals surface area contributed by atoms with E-state index in [9.17, 15) is 16.8 Å². The van der Waals surface area contributed by atoms with E-state index in [-0.39, 0.29) is 23.3 Å². The lowest BCUT2D eigenvalue weighted by Crippen LogP contribution is -2.18. The van der Waals surface area contributed by atoms with Gasteiger partial charge in [-0.1, -0.05) is 12.1 Å². The van der Waals surface area contributed by atoms with Crippen molar-refractivity contribution >= 4 is 30.9 Å². The van der Waals surface area contributed by atoms with E-state index in [0.29, 0.717) is 0 Å². The molecule has 0 unspecified atom stereocenters. The molecule has 20 heavy (non-hydrogen) atoms. The minimum atomic E-state index is -4.65. The van der Waals surface area contributed by atoms with Gasteiger partial charge in [0, 0.05) is 11.6 Å². The van der Waals surface area contributed by atoms with Crippen LogP contribution < -0.4 is 0 Å². The summed E-state index contributed by atoms with van der Waals surface area (Å²) in [6, 6.07) is 3.58. The van der Waals surface area contributed by atoms with Crippen molar-refractivity contribution in [1.29, 1.82) is 0 Å². The first-order valence-corrected chi connectivity index (χ1v) is 8.02. The zero-order valence-corrected chi connectivity index (χ0v) is 11.4. The third-order valence-electron chi connectivity index (χ3n) is 2.74. The molecule has 0 aromatic heterocycles. The van der Waals surface area contributed by atoms with E-state index >= 15 is 0 Å². The number of allylic oxidation sites excluding steroid dienone is 1. The van der Waals surface area contributed by atoms with Gasteiger partial charge in [0.1, 0.15) is 4.91 Å². The first-order chi connectivity index (χ1) is 9.14. The predicted octanol–water partition coefficient (Wildman–Crippen LogP) is 0.389. The van der Waals surface area contributed by atoms with Crippen LogP contribution in [0, 0.1) is 0 Å². The lowest BCUT2D eigenvalue weighted by molar-refractivity contribution is -0.00560. The van der Waals surface area contributed by atoms with Gasteiger partial charge in [-0.15, -0.1) is 0 Å². The molecule has 0 fully saturated rings. The van der Waals surface area contributed by atoms with E-state index in [1.54, 1.807) is 0 Å². The highest BCUT2D eigenvalue weighted by molar-refractivity contribution is 7.95. The van der Waals surface area contributed by atoms with Gasteiger partial charge in [-0.3, -0.25) is 9.11 Å². The molecule has 10 heteroatoms. The number of hydrogen-bond donors (Lipinski definition) is 2. The molecule has 0 amide bonds. The Balaban J connectivity index is 2.89. The highest BCUT2D eigenvalue weighted by atomic mass is 32.2. The highest BCUT2D eigenvalue weighted by Crippen LogP contribution is 2.32. The standard InChI is InChI=1S/C10H8N2O6S2/c11-12-6-4-8-7(10(5-6)20(16,17)18)2-1-3-9(8)19(13,14)15/h1-3,5H,4H2,(H,13,14,15)(H,16,17,18). The Kier molecular flexibility index (Phi) is 3.36. The zero-order chi connectivity index (χ0) is 15.1. The smallest absolute Gasteiger partial charge is 0.297 e. The van der Waals surface area contributed by atoms with Crippen LogP contribution in [0.2, 0.25) is 0 Å². The maximum atomic E-state index is 11.3. The maximum absolute atomic E-state index is 11.3. The second-order valence-electron chi connectivity index (χ2n) is 4.01. The zero-order valence-electron chi connectivity index (χ0n) is 9.75. The topological polar surface area (TPSA) is 145 Å². The maximum Gasteiger partial charge on any atom is 0.297 e. The van der Waals surface area contributed by atoms with E-state index in [1.165, 1.54) is 12.1 Å². The van der Waals surface area contributed by atoms with Crippen molar-refractivity contribution in [2.45, 2.75) is 11.3 Å². The van der Waals surface area contributed by atoms with Crippen molar-refractivity contribution < 1.29 is 30.7 Å². The number of nitrogens with zero attached hydrogens (tertiary/aromatic N) is 2. The average molecular weight is 316 g/mol.